The van der Waals surface area contributed by atoms with Gasteiger partial charge in [-0.25, -0.2) is 0 Å². The molecule has 2 heterocycles. The molecule has 1 amide bonds. The van der Waals surface area contributed by atoms with E-state index in [-0.39, 0.29) is 10.4 Å². The number of likely N-dealkylation sites (N-methyl/N-ethyl adjacent to an activating group) is 1. The van der Waals surface area contributed by atoms with Gasteiger partial charge in [-0.15, -0.1) is 5.92 Å². The molecule has 0 saturated carbocycles. The number of para-hydroxylation sites is 1. The second-order valence-electron chi connectivity index (χ2n) is 4.86. The second-order valence-corrected chi connectivity index (χ2v) is 5.81. The highest BCUT2D eigenvalue weighted by molar-refractivity contribution is 8.26. The molecule has 1 unspecified atom stereocenters. The molecule has 4 nitrogen and oxygen atoms in total. The topological polar surface area (TPSA) is 42.3 Å². The molecule has 0 bridgehead atoms. The van der Waals surface area contributed by atoms with Crippen LogP contribution in [0.2, 0.25) is 0 Å². The van der Waals surface area contributed by atoms with Gasteiger partial charge in [0.25, 0.3) is 5.24 Å². The standard InChI is InChI=1S/C16H14N2O2S/c1-3-4-9-18-10-12(11-7-5-6-8-13(11)18)14-15(19)21-16(20)17(14)2/h5-8,10,14H,9H2,1-2H3. The summed E-state index contributed by atoms with van der Waals surface area (Å²) < 4.78 is 2.02. The number of carbonyl (C=O) groups excluding carboxylic acids is 2. The van der Waals surface area contributed by atoms with Gasteiger partial charge in [0.05, 0.1) is 6.54 Å². The Hall–Kier alpha value is -2.19. The normalized spacial score (nSPS) is 18.2. The van der Waals surface area contributed by atoms with Gasteiger partial charge in [0.1, 0.15) is 6.04 Å². The van der Waals surface area contributed by atoms with Crippen molar-refractivity contribution in [3.8, 4) is 11.8 Å². The molecular weight excluding hydrogens is 284 g/mol. The summed E-state index contributed by atoms with van der Waals surface area (Å²) in [4.78, 5) is 25.4. The Balaban J connectivity index is 2.16. The largest absolute Gasteiger partial charge is 0.335 e. The molecule has 0 aliphatic carbocycles. The molecule has 1 fully saturated rings. The number of aromatic nitrogens is 1. The van der Waals surface area contributed by atoms with E-state index in [2.05, 4.69) is 11.8 Å². The van der Waals surface area contributed by atoms with Gasteiger partial charge in [-0.05, 0) is 13.0 Å². The summed E-state index contributed by atoms with van der Waals surface area (Å²) in [5.74, 6) is 5.91. The molecule has 5 heteroatoms. The maximum absolute atomic E-state index is 12.1. The number of rotatable bonds is 2. The van der Waals surface area contributed by atoms with Crippen LogP contribution in [-0.4, -0.2) is 26.9 Å². The first-order valence-electron chi connectivity index (χ1n) is 6.59. The summed E-state index contributed by atoms with van der Waals surface area (Å²) in [5.41, 5.74) is 1.90. The first-order chi connectivity index (χ1) is 10.1. The van der Waals surface area contributed by atoms with E-state index in [0.717, 1.165) is 28.2 Å². The van der Waals surface area contributed by atoms with Crippen LogP contribution in [0, 0.1) is 11.8 Å². The molecule has 1 atom stereocenters. The third-order valence-corrected chi connectivity index (χ3v) is 4.51. The highest BCUT2D eigenvalue weighted by Crippen LogP contribution is 2.38. The van der Waals surface area contributed by atoms with Crippen molar-refractivity contribution in [1.82, 2.24) is 9.47 Å². The Morgan fingerprint density at radius 2 is 2.05 bits per heavy atom. The fourth-order valence-corrected chi connectivity index (χ4v) is 3.42. The van der Waals surface area contributed by atoms with Crippen molar-refractivity contribution in [1.29, 1.82) is 0 Å². The first-order valence-corrected chi connectivity index (χ1v) is 7.41. The lowest BCUT2D eigenvalue weighted by Gasteiger charge is -2.16. The van der Waals surface area contributed by atoms with E-state index in [1.165, 1.54) is 4.90 Å². The van der Waals surface area contributed by atoms with Gasteiger partial charge in [0.2, 0.25) is 5.12 Å². The molecule has 1 aliphatic rings. The van der Waals surface area contributed by atoms with Crippen LogP contribution in [0.25, 0.3) is 10.9 Å². The van der Waals surface area contributed by atoms with Crippen LogP contribution in [0.3, 0.4) is 0 Å². The van der Waals surface area contributed by atoms with Gasteiger partial charge in [-0.1, -0.05) is 24.1 Å². The summed E-state index contributed by atoms with van der Waals surface area (Å²) in [6.07, 6.45) is 1.94. The zero-order valence-corrected chi connectivity index (χ0v) is 12.6. The molecule has 1 aromatic carbocycles. The smallest absolute Gasteiger partial charge is 0.289 e. The van der Waals surface area contributed by atoms with Crippen LogP contribution in [0.15, 0.2) is 30.5 Å². The van der Waals surface area contributed by atoms with Crippen molar-refractivity contribution in [2.24, 2.45) is 0 Å². The lowest BCUT2D eigenvalue weighted by molar-refractivity contribution is -0.113. The highest BCUT2D eigenvalue weighted by atomic mass is 32.2. The van der Waals surface area contributed by atoms with E-state index in [1.807, 2.05) is 35.0 Å². The van der Waals surface area contributed by atoms with Crippen LogP contribution in [-0.2, 0) is 11.3 Å². The molecular formula is C16H14N2O2S. The monoisotopic (exact) mass is 298 g/mol. The molecule has 1 aromatic heterocycles. The fraction of sp³-hybridized carbons (Fsp3) is 0.250. The zero-order valence-electron chi connectivity index (χ0n) is 11.8. The average Bonchev–Trinajstić information content (AvgIpc) is 2.95. The van der Waals surface area contributed by atoms with E-state index in [9.17, 15) is 9.59 Å². The van der Waals surface area contributed by atoms with Crippen molar-refractivity contribution in [2.75, 3.05) is 7.05 Å². The molecule has 2 aromatic rings. The number of hydrogen-bond donors (Lipinski definition) is 0. The number of nitrogens with zero attached hydrogens (tertiary/aromatic N) is 2. The van der Waals surface area contributed by atoms with E-state index in [1.54, 1.807) is 14.0 Å². The van der Waals surface area contributed by atoms with Crippen LogP contribution in [0.4, 0.5) is 4.79 Å². The Kier molecular flexibility index (Phi) is 3.48. The first kappa shape index (κ1) is 13.8. The lowest BCUT2D eigenvalue weighted by Crippen LogP contribution is -2.23. The molecule has 106 valence electrons. The van der Waals surface area contributed by atoms with Crippen molar-refractivity contribution in [3.63, 3.8) is 0 Å². The molecule has 1 aliphatic heterocycles. The van der Waals surface area contributed by atoms with Crippen LogP contribution < -0.4 is 0 Å². The van der Waals surface area contributed by atoms with Crippen molar-refractivity contribution >= 4 is 33.0 Å². The predicted octanol–water partition coefficient (Wildman–Crippen LogP) is 3.03. The summed E-state index contributed by atoms with van der Waals surface area (Å²) in [6.45, 7) is 2.37. The number of carbonyl (C=O) groups is 2. The highest BCUT2D eigenvalue weighted by Gasteiger charge is 2.39. The van der Waals surface area contributed by atoms with E-state index in [0.29, 0.717) is 6.54 Å². The quantitative estimate of drug-likeness (QED) is 0.800. The van der Waals surface area contributed by atoms with Crippen molar-refractivity contribution in [2.45, 2.75) is 19.5 Å². The number of hydrogen-bond acceptors (Lipinski definition) is 3. The molecule has 3 rings (SSSR count). The van der Waals surface area contributed by atoms with E-state index in [4.69, 9.17) is 0 Å². The van der Waals surface area contributed by atoms with Gasteiger partial charge >= 0.3 is 0 Å². The minimum Gasteiger partial charge on any atom is -0.335 e. The van der Waals surface area contributed by atoms with Crippen molar-refractivity contribution in [3.05, 3.63) is 36.0 Å². The average molecular weight is 298 g/mol. The predicted molar refractivity (Wildman–Crippen MR) is 83.9 cm³/mol. The number of thioether (sulfide) groups is 1. The van der Waals surface area contributed by atoms with E-state index < -0.39 is 6.04 Å². The number of amides is 1. The summed E-state index contributed by atoms with van der Waals surface area (Å²) in [5, 5.41) is 0.679. The lowest BCUT2D eigenvalue weighted by atomic mass is 10.1. The molecule has 0 spiro atoms. The van der Waals surface area contributed by atoms with Crippen LogP contribution in [0.5, 0.6) is 0 Å². The molecule has 1 saturated heterocycles. The van der Waals surface area contributed by atoms with Gasteiger partial charge in [0, 0.05) is 41.5 Å². The van der Waals surface area contributed by atoms with Crippen LogP contribution in [0.1, 0.15) is 18.5 Å². The fourth-order valence-electron chi connectivity index (χ4n) is 2.60. The summed E-state index contributed by atoms with van der Waals surface area (Å²) in [7, 11) is 1.67. The third-order valence-electron chi connectivity index (χ3n) is 3.63. The third kappa shape index (κ3) is 2.22. The maximum atomic E-state index is 12.1. The van der Waals surface area contributed by atoms with E-state index >= 15 is 0 Å². The number of fused-ring (bicyclic) bond motifs is 1. The second kappa shape index (κ2) is 5.30. The zero-order chi connectivity index (χ0) is 15.0. The SMILES string of the molecule is CC#CCn1cc(C2C(=O)SC(=O)N2C)c2ccccc21. The number of benzene rings is 1. The van der Waals surface area contributed by atoms with Crippen LogP contribution >= 0.6 is 11.8 Å². The molecule has 21 heavy (non-hydrogen) atoms. The van der Waals surface area contributed by atoms with Gasteiger partial charge in [-0.2, -0.15) is 0 Å². The van der Waals surface area contributed by atoms with Gasteiger partial charge < -0.3 is 9.47 Å². The Labute approximate surface area is 127 Å². The minimum atomic E-state index is -0.511. The maximum Gasteiger partial charge on any atom is 0.289 e. The minimum absolute atomic E-state index is 0.119. The Morgan fingerprint density at radius 1 is 1.29 bits per heavy atom. The summed E-state index contributed by atoms with van der Waals surface area (Å²) in [6, 6.07) is 7.38. The Morgan fingerprint density at radius 3 is 2.71 bits per heavy atom. The molecule has 0 N–H and O–H groups in total. The van der Waals surface area contributed by atoms with Gasteiger partial charge in [0.15, 0.2) is 0 Å². The van der Waals surface area contributed by atoms with Gasteiger partial charge in [-0.3, -0.25) is 9.59 Å². The Bertz CT molecular complexity index is 797. The molecule has 0 radical (unpaired) electrons. The summed E-state index contributed by atoms with van der Waals surface area (Å²) >= 11 is 0.778. The van der Waals surface area contributed by atoms with Crippen molar-refractivity contribution < 1.29 is 9.59 Å².